The van der Waals surface area contributed by atoms with E-state index in [0.29, 0.717) is 29.6 Å². The fourth-order valence-electron chi connectivity index (χ4n) is 1.90. The van der Waals surface area contributed by atoms with Crippen LogP contribution in [0.3, 0.4) is 0 Å². The van der Waals surface area contributed by atoms with Gasteiger partial charge in [0.2, 0.25) is 0 Å². The third-order valence-electron chi connectivity index (χ3n) is 3.60. The highest BCUT2D eigenvalue weighted by Crippen LogP contribution is 2.21. The smallest absolute Gasteiger partial charge is 0.251 e. The largest absolute Gasteiger partial charge is 0.495 e. The molecule has 0 aliphatic rings. The molecule has 1 amide bonds. The topological polar surface area (TPSA) is 67.6 Å². The summed E-state index contributed by atoms with van der Waals surface area (Å²) < 4.78 is 5.12. The third-order valence-corrected chi connectivity index (χ3v) is 3.60. The number of ether oxygens (including phenoxy) is 1. The Kier molecular flexibility index (Phi) is 7.02. The van der Waals surface area contributed by atoms with Crippen molar-refractivity contribution < 1.29 is 9.53 Å². The average molecular weight is 293 g/mol. The zero-order valence-electron chi connectivity index (χ0n) is 13.5. The summed E-state index contributed by atoms with van der Waals surface area (Å²) in [6.45, 7) is 6.08. The first-order valence-corrected chi connectivity index (χ1v) is 7.37. The molecule has 0 aromatic heterocycles. The van der Waals surface area contributed by atoms with Gasteiger partial charge in [0.15, 0.2) is 0 Å². The minimum absolute atomic E-state index is 0.0921. The molecular formula is C16H27N3O2. The van der Waals surface area contributed by atoms with E-state index in [4.69, 9.17) is 10.5 Å². The lowest BCUT2D eigenvalue weighted by Crippen LogP contribution is -2.29. The molecule has 5 heteroatoms. The molecule has 21 heavy (non-hydrogen) atoms. The standard InChI is InChI=1S/C16H27N3O2/c1-12(2)19(3)10-6-5-9-18-16(20)13-7-8-14(17)15(11-13)21-4/h7-8,11-12H,5-6,9-10,17H2,1-4H3,(H,18,20). The maximum atomic E-state index is 12.0. The molecule has 0 saturated heterocycles. The van der Waals surface area contributed by atoms with Crippen LogP contribution < -0.4 is 15.8 Å². The number of nitrogens with two attached hydrogens (primary N) is 1. The fraction of sp³-hybridized carbons (Fsp3) is 0.562. The van der Waals surface area contributed by atoms with E-state index in [2.05, 4.69) is 31.1 Å². The molecule has 0 fully saturated rings. The van der Waals surface area contributed by atoms with Crippen molar-refractivity contribution in [1.82, 2.24) is 10.2 Å². The van der Waals surface area contributed by atoms with Crippen LogP contribution in [0.15, 0.2) is 18.2 Å². The Morgan fingerprint density at radius 3 is 2.71 bits per heavy atom. The molecule has 1 aromatic rings. The molecule has 0 spiro atoms. The summed E-state index contributed by atoms with van der Waals surface area (Å²) in [5, 5.41) is 2.92. The van der Waals surface area contributed by atoms with Crippen molar-refractivity contribution >= 4 is 11.6 Å². The molecule has 0 heterocycles. The van der Waals surface area contributed by atoms with Crippen LogP contribution in [0, 0.1) is 0 Å². The van der Waals surface area contributed by atoms with Gasteiger partial charge < -0.3 is 20.7 Å². The van der Waals surface area contributed by atoms with Gasteiger partial charge in [-0.05, 0) is 58.5 Å². The van der Waals surface area contributed by atoms with Gasteiger partial charge in [-0.25, -0.2) is 0 Å². The Morgan fingerprint density at radius 2 is 2.10 bits per heavy atom. The summed E-state index contributed by atoms with van der Waals surface area (Å²) in [4.78, 5) is 14.3. The predicted octanol–water partition coefficient (Wildman–Crippen LogP) is 2.13. The highest BCUT2D eigenvalue weighted by molar-refractivity contribution is 5.95. The van der Waals surface area contributed by atoms with Gasteiger partial charge in [0.05, 0.1) is 12.8 Å². The van der Waals surface area contributed by atoms with Crippen molar-refractivity contribution in [2.45, 2.75) is 32.7 Å². The highest BCUT2D eigenvalue weighted by atomic mass is 16.5. The number of nitrogens with one attached hydrogen (secondary N) is 1. The maximum absolute atomic E-state index is 12.0. The molecule has 0 saturated carbocycles. The van der Waals surface area contributed by atoms with Crippen LogP contribution in [0.4, 0.5) is 5.69 Å². The second-order valence-electron chi connectivity index (χ2n) is 5.49. The van der Waals surface area contributed by atoms with Gasteiger partial charge in [-0.15, -0.1) is 0 Å². The van der Waals surface area contributed by atoms with Crippen LogP contribution in [0.25, 0.3) is 0 Å². The lowest BCUT2D eigenvalue weighted by Gasteiger charge is -2.20. The number of carbonyl (C=O) groups excluding carboxylic acids is 1. The van der Waals surface area contributed by atoms with E-state index < -0.39 is 0 Å². The maximum Gasteiger partial charge on any atom is 0.251 e. The van der Waals surface area contributed by atoms with Crippen LogP contribution in [-0.2, 0) is 0 Å². The molecule has 1 aromatic carbocycles. The van der Waals surface area contributed by atoms with Crippen LogP contribution in [0.5, 0.6) is 5.75 Å². The number of nitrogen functional groups attached to an aromatic ring is 1. The zero-order valence-corrected chi connectivity index (χ0v) is 13.5. The Hall–Kier alpha value is -1.75. The van der Waals surface area contributed by atoms with Crippen LogP contribution in [-0.4, -0.2) is 44.1 Å². The lowest BCUT2D eigenvalue weighted by molar-refractivity contribution is 0.0952. The molecule has 0 unspecified atom stereocenters. The predicted molar refractivity (Wildman–Crippen MR) is 86.7 cm³/mol. The fourth-order valence-corrected chi connectivity index (χ4v) is 1.90. The van der Waals surface area contributed by atoms with Crippen molar-refractivity contribution in [2.24, 2.45) is 0 Å². The number of carbonyl (C=O) groups is 1. The summed E-state index contributed by atoms with van der Waals surface area (Å²) in [7, 11) is 3.66. The average Bonchev–Trinajstić information content (AvgIpc) is 2.46. The first-order chi connectivity index (χ1) is 9.95. The first-order valence-electron chi connectivity index (χ1n) is 7.37. The van der Waals surface area contributed by atoms with Gasteiger partial charge in [0, 0.05) is 18.2 Å². The summed E-state index contributed by atoms with van der Waals surface area (Å²) in [6, 6.07) is 5.62. The van der Waals surface area contributed by atoms with E-state index in [9.17, 15) is 4.79 Å². The molecule has 0 aliphatic carbocycles. The third kappa shape index (κ3) is 5.63. The second-order valence-corrected chi connectivity index (χ2v) is 5.49. The summed E-state index contributed by atoms with van der Waals surface area (Å²) in [5.41, 5.74) is 6.83. The number of methoxy groups -OCH3 is 1. The van der Waals surface area contributed by atoms with E-state index in [1.807, 2.05) is 0 Å². The number of unbranched alkanes of at least 4 members (excludes halogenated alkanes) is 1. The number of hydrogen-bond donors (Lipinski definition) is 2. The number of rotatable bonds is 8. The minimum atomic E-state index is -0.0921. The van der Waals surface area contributed by atoms with Gasteiger partial charge in [-0.1, -0.05) is 0 Å². The van der Waals surface area contributed by atoms with Gasteiger partial charge in [0.25, 0.3) is 5.91 Å². The van der Waals surface area contributed by atoms with Crippen LogP contribution in [0.2, 0.25) is 0 Å². The highest BCUT2D eigenvalue weighted by Gasteiger charge is 2.08. The Labute approximate surface area is 127 Å². The number of hydrogen-bond acceptors (Lipinski definition) is 4. The minimum Gasteiger partial charge on any atom is -0.495 e. The molecule has 5 nitrogen and oxygen atoms in total. The summed E-state index contributed by atoms with van der Waals surface area (Å²) in [6.07, 6.45) is 2.04. The molecular weight excluding hydrogens is 266 g/mol. The van der Waals surface area contributed by atoms with E-state index in [0.717, 1.165) is 19.4 Å². The van der Waals surface area contributed by atoms with E-state index in [-0.39, 0.29) is 5.91 Å². The van der Waals surface area contributed by atoms with Crippen molar-refractivity contribution in [3.63, 3.8) is 0 Å². The van der Waals surface area contributed by atoms with E-state index in [1.165, 1.54) is 0 Å². The van der Waals surface area contributed by atoms with Gasteiger partial charge in [-0.2, -0.15) is 0 Å². The first kappa shape index (κ1) is 17.3. The van der Waals surface area contributed by atoms with Crippen LogP contribution in [0.1, 0.15) is 37.0 Å². The zero-order chi connectivity index (χ0) is 15.8. The van der Waals surface area contributed by atoms with Gasteiger partial charge in [-0.3, -0.25) is 4.79 Å². The molecule has 1 rings (SSSR count). The molecule has 3 N–H and O–H groups in total. The van der Waals surface area contributed by atoms with Crippen LogP contribution >= 0.6 is 0 Å². The molecule has 0 radical (unpaired) electrons. The number of benzene rings is 1. The summed E-state index contributed by atoms with van der Waals surface area (Å²) in [5.74, 6) is 0.437. The quantitative estimate of drug-likeness (QED) is 0.569. The van der Waals surface area contributed by atoms with Crippen molar-refractivity contribution in [2.75, 3.05) is 33.0 Å². The van der Waals surface area contributed by atoms with Crippen molar-refractivity contribution in [1.29, 1.82) is 0 Å². The molecule has 0 bridgehead atoms. The van der Waals surface area contributed by atoms with Crippen molar-refractivity contribution in [3.8, 4) is 5.75 Å². The SMILES string of the molecule is COc1cc(C(=O)NCCCCN(C)C(C)C)ccc1N. The Morgan fingerprint density at radius 1 is 1.38 bits per heavy atom. The summed E-state index contributed by atoms with van der Waals surface area (Å²) >= 11 is 0. The lowest BCUT2D eigenvalue weighted by atomic mass is 10.1. The van der Waals surface area contributed by atoms with Crippen molar-refractivity contribution in [3.05, 3.63) is 23.8 Å². The Balaban J connectivity index is 2.34. The second kappa shape index (κ2) is 8.52. The van der Waals surface area contributed by atoms with Gasteiger partial charge >= 0.3 is 0 Å². The number of nitrogens with zero attached hydrogens (tertiary/aromatic N) is 1. The monoisotopic (exact) mass is 293 g/mol. The number of amides is 1. The number of anilines is 1. The normalized spacial score (nSPS) is 11.0. The van der Waals surface area contributed by atoms with E-state index >= 15 is 0 Å². The Bertz CT molecular complexity index is 461. The molecule has 0 atom stereocenters. The molecule has 0 aliphatic heterocycles. The van der Waals surface area contributed by atoms with Gasteiger partial charge in [0.1, 0.15) is 5.75 Å². The molecule has 118 valence electrons. The van der Waals surface area contributed by atoms with E-state index in [1.54, 1.807) is 25.3 Å².